The van der Waals surface area contributed by atoms with Gasteiger partial charge in [0.15, 0.2) is 5.82 Å². The van der Waals surface area contributed by atoms with Gasteiger partial charge in [-0.2, -0.15) is 9.71 Å². The van der Waals surface area contributed by atoms with Gasteiger partial charge in [0.05, 0.1) is 4.90 Å². The average Bonchev–Trinajstić information content (AvgIpc) is 3.02. The summed E-state index contributed by atoms with van der Waals surface area (Å²) in [5.41, 5.74) is 2.66. The van der Waals surface area contributed by atoms with Crippen molar-refractivity contribution < 1.29 is 12.9 Å². The molecule has 0 unspecified atom stereocenters. The van der Waals surface area contributed by atoms with Gasteiger partial charge < -0.3 is 4.52 Å². The predicted molar refractivity (Wildman–Crippen MR) is 93.6 cm³/mol. The summed E-state index contributed by atoms with van der Waals surface area (Å²) >= 11 is 0. The van der Waals surface area contributed by atoms with Crippen LogP contribution in [0.1, 0.15) is 34.4 Å². The Kier molecular flexibility index (Phi) is 4.69. The summed E-state index contributed by atoms with van der Waals surface area (Å²) < 4.78 is 33.6. The molecule has 1 aromatic heterocycles. The summed E-state index contributed by atoms with van der Waals surface area (Å²) in [6.07, 6.45) is 0. The topological polar surface area (TPSA) is 85.1 Å². The van der Waals surface area contributed by atoms with Crippen molar-refractivity contribution in [2.24, 2.45) is 0 Å². The van der Waals surface area contributed by atoms with E-state index in [-0.39, 0.29) is 10.8 Å². The lowest BCUT2D eigenvalue weighted by Crippen LogP contribution is -2.29. The van der Waals surface area contributed by atoms with Crippen molar-refractivity contribution in [2.45, 2.75) is 31.7 Å². The maximum Gasteiger partial charge on any atom is 0.249 e. The van der Waals surface area contributed by atoms with Gasteiger partial charge >= 0.3 is 0 Å². The van der Waals surface area contributed by atoms with Crippen LogP contribution in [0.3, 0.4) is 0 Å². The average molecular weight is 357 g/mol. The Morgan fingerprint density at radius 3 is 2.32 bits per heavy atom. The third kappa shape index (κ3) is 3.78. The smallest absolute Gasteiger partial charge is 0.249 e. The van der Waals surface area contributed by atoms with E-state index in [1.54, 1.807) is 25.1 Å². The fourth-order valence-corrected chi connectivity index (χ4v) is 3.70. The first-order valence-corrected chi connectivity index (χ1v) is 9.30. The highest BCUT2D eigenvalue weighted by Gasteiger charge is 2.27. The Balaban J connectivity index is 2.01. The van der Waals surface area contributed by atoms with Crippen LogP contribution in [0, 0.1) is 20.8 Å². The zero-order chi connectivity index (χ0) is 18.0. The molecular weight excluding hydrogens is 338 g/mol. The Bertz CT molecular complexity index is 982. The lowest BCUT2D eigenvalue weighted by atomic mass is 10.1. The van der Waals surface area contributed by atoms with Crippen molar-refractivity contribution >= 4 is 10.0 Å². The minimum absolute atomic E-state index is 0.202. The number of hydrogen-bond acceptors (Lipinski definition) is 5. The van der Waals surface area contributed by atoms with E-state index in [9.17, 15) is 8.42 Å². The Labute approximate surface area is 147 Å². The molecule has 6 nitrogen and oxygen atoms in total. The molecule has 0 spiro atoms. The molecule has 0 fully saturated rings. The molecule has 2 aromatic carbocycles. The lowest BCUT2D eigenvalue weighted by Gasteiger charge is -2.16. The van der Waals surface area contributed by atoms with Crippen molar-refractivity contribution in [1.82, 2.24) is 14.9 Å². The molecule has 0 aliphatic heterocycles. The molecule has 3 aromatic rings. The summed E-state index contributed by atoms with van der Waals surface area (Å²) in [4.78, 5) is 4.39. The minimum Gasteiger partial charge on any atom is -0.337 e. The van der Waals surface area contributed by atoms with Gasteiger partial charge in [-0.1, -0.05) is 41.6 Å². The number of nitrogens with one attached hydrogen (secondary N) is 1. The van der Waals surface area contributed by atoms with Crippen molar-refractivity contribution in [3.63, 3.8) is 0 Å². The molecule has 0 saturated carbocycles. The van der Waals surface area contributed by atoms with Gasteiger partial charge in [-0.3, -0.25) is 0 Å². The highest BCUT2D eigenvalue weighted by atomic mass is 32.2. The first kappa shape index (κ1) is 17.3. The van der Waals surface area contributed by atoms with Gasteiger partial charge in [-0.25, -0.2) is 8.42 Å². The molecule has 0 saturated heterocycles. The van der Waals surface area contributed by atoms with E-state index in [0.29, 0.717) is 5.82 Å². The molecular formula is C18H19N3O3S. The van der Waals surface area contributed by atoms with Gasteiger partial charge in [-0.15, -0.1) is 0 Å². The molecule has 0 aliphatic carbocycles. The Hall–Kier alpha value is -2.51. The standard InChI is InChI=1S/C18H19N3O3S/c1-12-9-10-16(11-13(12)2)25(22,23)21-17(15-7-5-4-6-8-15)18-19-14(3)20-24-18/h4-11,17,21H,1-3H3/t17-/m1/s1. The van der Waals surface area contributed by atoms with E-state index in [2.05, 4.69) is 14.9 Å². The molecule has 25 heavy (non-hydrogen) atoms. The second-order valence-electron chi connectivity index (χ2n) is 5.89. The third-order valence-electron chi connectivity index (χ3n) is 3.98. The predicted octanol–water partition coefficient (Wildman–Crippen LogP) is 3.06. The van der Waals surface area contributed by atoms with E-state index < -0.39 is 16.1 Å². The number of aryl methyl sites for hydroxylation is 3. The lowest BCUT2D eigenvalue weighted by molar-refractivity contribution is 0.357. The van der Waals surface area contributed by atoms with Crippen molar-refractivity contribution in [3.05, 3.63) is 76.9 Å². The van der Waals surface area contributed by atoms with E-state index >= 15 is 0 Å². The summed E-state index contributed by atoms with van der Waals surface area (Å²) in [7, 11) is -3.76. The number of nitrogens with zero attached hydrogens (tertiary/aromatic N) is 2. The quantitative estimate of drug-likeness (QED) is 0.758. The van der Waals surface area contributed by atoms with Crippen molar-refractivity contribution in [2.75, 3.05) is 0 Å². The zero-order valence-corrected chi connectivity index (χ0v) is 15.0. The molecule has 7 heteroatoms. The highest BCUT2D eigenvalue weighted by molar-refractivity contribution is 7.89. The Morgan fingerprint density at radius 2 is 1.72 bits per heavy atom. The van der Waals surface area contributed by atoms with Gasteiger partial charge in [0, 0.05) is 0 Å². The van der Waals surface area contributed by atoms with E-state index in [0.717, 1.165) is 16.7 Å². The Morgan fingerprint density at radius 1 is 1.00 bits per heavy atom. The summed E-state index contributed by atoms with van der Waals surface area (Å²) in [5, 5.41) is 3.77. The van der Waals surface area contributed by atoms with Crippen molar-refractivity contribution in [1.29, 1.82) is 0 Å². The molecule has 0 amide bonds. The number of sulfonamides is 1. The molecule has 3 rings (SSSR count). The van der Waals surface area contributed by atoms with Crippen LogP contribution >= 0.6 is 0 Å². The van der Waals surface area contributed by atoms with Crippen LogP contribution in [0.2, 0.25) is 0 Å². The third-order valence-corrected chi connectivity index (χ3v) is 5.41. The van der Waals surface area contributed by atoms with Gasteiger partial charge in [0.25, 0.3) is 0 Å². The molecule has 0 bridgehead atoms. The number of rotatable bonds is 5. The van der Waals surface area contributed by atoms with Crippen LogP contribution in [0.25, 0.3) is 0 Å². The van der Waals surface area contributed by atoms with Gasteiger partial charge in [0.2, 0.25) is 15.9 Å². The van der Waals surface area contributed by atoms with Crippen LogP contribution in [-0.2, 0) is 10.0 Å². The second kappa shape index (κ2) is 6.78. The van der Waals surface area contributed by atoms with Gasteiger partial charge in [-0.05, 0) is 49.6 Å². The van der Waals surface area contributed by atoms with E-state index in [1.807, 2.05) is 44.2 Å². The number of hydrogen-bond donors (Lipinski definition) is 1. The summed E-state index contributed by atoms with van der Waals surface area (Å²) in [6, 6.07) is 13.4. The SMILES string of the molecule is Cc1noc([C@H](NS(=O)(=O)c2ccc(C)c(C)c2)c2ccccc2)n1. The first-order valence-electron chi connectivity index (χ1n) is 7.81. The minimum atomic E-state index is -3.76. The van der Waals surface area contributed by atoms with E-state index in [4.69, 9.17) is 4.52 Å². The highest BCUT2D eigenvalue weighted by Crippen LogP contribution is 2.24. The monoisotopic (exact) mass is 357 g/mol. The first-order chi connectivity index (χ1) is 11.9. The molecule has 0 aliphatic rings. The maximum atomic E-state index is 12.9. The van der Waals surface area contributed by atoms with Crippen LogP contribution in [0.4, 0.5) is 0 Å². The second-order valence-corrected chi connectivity index (χ2v) is 7.60. The number of aromatic nitrogens is 2. The maximum absolute atomic E-state index is 12.9. The van der Waals surface area contributed by atoms with Gasteiger partial charge in [0.1, 0.15) is 6.04 Å². The van der Waals surface area contributed by atoms with Crippen LogP contribution in [-0.4, -0.2) is 18.6 Å². The zero-order valence-electron chi connectivity index (χ0n) is 14.2. The molecule has 1 N–H and O–H groups in total. The van der Waals surface area contributed by atoms with Crippen LogP contribution in [0.15, 0.2) is 57.9 Å². The largest absolute Gasteiger partial charge is 0.337 e. The van der Waals surface area contributed by atoms with E-state index in [1.165, 1.54) is 0 Å². The molecule has 1 heterocycles. The molecule has 130 valence electrons. The van der Waals surface area contributed by atoms with Crippen LogP contribution in [0.5, 0.6) is 0 Å². The van der Waals surface area contributed by atoms with Crippen LogP contribution < -0.4 is 4.72 Å². The normalized spacial score (nSPS) is 12.9. The summed E-state index contributed by atoms with van der Waals surface area (Å²) in [6.45, 7) is 5.50. The number of benzene rings is 2. The summed E-state index contributed by atoms with van der Waals surface area (Å²) in [5.74, 6) is 0.650. The molecule has 0 radical (unpaired) electrons. The fraction of sp³-hybridized carbons (Fsp3) is 0.222. The fourth-order valence-electron chi connectivity index (χ4n) is 2.44. The molecule has 1 atom stereocenters. The van der Waals surface area contributed by atoms with Crippen molar-refractivity contribution in [3.8, 4) is 0 Å².